The summed E-state index contributed by atoms with van der Waals surface area (Å²) in [6.07, 6.45) is 0. The van der Waals surface area contributed by atoms with Gasteiger partial charge in [-0.2, -0.15) is 0 Å². The quantitative estimate of drug-likeness (QED) is 0.737. The van der Waals surface area contributed by atoms with Crippen molar-refractivity contribution >= 4 is 61.5 Å². The summed E-state index contributed by atoms with van der Waals surface area (Å²) in [6, 6.07) is 9.81. The Kier molecular flexibility index (Phi) is 4.30. The fourth-order valence-corrected chi connectivity index (χ4v) is 2.55. The van der Waals surface area contributed by atoms with Gasteiger partial charge in [0.2, 0.25) is 0 Å². The van der Waals surface area contributed by atoms with Crippen molar-refractivity contribution in [3.05, 3.63) is 35.9 Å². The molecule has 1 atom stereocenters. The number of hydrogen-bond donors (Lipinski definition) is 0. The van der Waals surface area contributed by atoms with Crippen LogP contribution in [-0.2, 0) is 8.02 Å². The third-order valence-electron chi connectivity index (χ3n) is 2.19. The SMILES string of the molecule is COC(=O)[C](C)([Rb])c1ccccc1. The van der Waals surface area contributed by atoms with E-state index in [2.05, 4.69) is 0 Å². The van der Waals surface area contributed by atoms with Crippen molar-refractivity contribution in [1.82, 2.24) is 0 Å². The first-order chi connectivity index (χ1) is 6.09. The standard InChI is InChI=1S/C10H11O2.Rb/c1-8(10(11)12-2)9-6-4-3-5-7-9;/h3-7H,1-2H3;. The Hall–Kier alpha value is 0.495. The molecule has 13 heavy (non-hydrogen) atoms. The van der Waals surface area contributed by atoms with Gasteiger partial charge in [0.25, 0.3) is 0 Å². The Bertz CT molecular complexity index is 293. The van der Waals surface area contributed by atoms with Crippen molar-refractivity contribution in [1.29, 1.82) is 0 Å². The molecule has 0 bridgehead atoms. The molecule has 64 valence electrons. The Balaban J connectivity index is 3.00. The van der Waals surface area contributed by atoms with E-state index in [0.717, 1.165) is 5.56 Å². The van der Waals surface area contributed by atoms with Crippen molar-refractivity contribution in [2.24, 2.45) is 0 Å². The second kappa shape index (κ2) is 4.83. The Morgan fingerprint density at radius 3 is 2.38 bits per heavy atom. The predicted molar refractivity (Wildman–Crippen MR) is 51.6 cm³/mol. The zero-order valence-corrected chi connectivity index (χ0v) is 13.1. The van der Waals surface area contributed by atoms with Crippen LogP contribution in [0.25, 0.3) is 0 Å². The van der Waals surface area contributed by atoms with E-state index in [1.54, 1.807) is 0 Å². The van der Waals surface area contributed by atoms with Crippen molar-refractivity contribution in [2.75, 3.05) is 7.11 Å². The summed E-state index contributed by atoms with van der Waals surface area (Å²) in [7, 11) is 1.44. The van der Waals surface area contributed by atoms with Gasteiger partial charge in [-0.15, -0.1) is 0 Å². The van der Waals surface area contributed by atoms with Crippen LogP contribution in [-0.4, -0.2) is 68.6 Å². The molecule has 0 N–H and O–H groups in total. The number of rotatable bonds is 2. The Morgan fingerprint density at radius 2 is 1.92 bits per heavy atom. The van der Waals surface area contributed by atoms with Crippen LogP contribution >= 0.6 is 0 Å². The molecule has 1 aromatic rings. The van der Waals surface area contributed by atoms with Crippen LogP contribution in [0.3, 0.4) is 0 Å². The summed E-state index contributed by atoms with van der Waals surface area (Å²) in [6.45, 7) is 1.95. The van der Waals surface area contributed by atoms with E-state index >= 15 is 0 Å². The van der Waals surface area contributed by atoms with Gasteiger partial charge in [-0.25, -0.2) is 0 Å². The molecule has 0 spiro atoms. The van der Waals surface area contributed by atoms with Crippen molar-refractivity contribution in [3.63, 3.8) is 0 Å². The minimum absolute atomic E-state index is 0.116. The van der Waals surface area contributed by atoms with E-state index in [1.165, 1.54) is 7.11 Å². The second-order valence-electron chi connectivity index (χ2n) is 3.48. The summed E-state index contributed by atoms with van der Waals surface area (Å²) in [5.41, 5.74) is 1.07. The third-order valence-corrected chi connectivity index (χ3v) is 4.61. The van der Waals surface area contributed by atoms with Crippen LogP contribution in [0.1, 0.15) is 12.5 Å². The molecular formula is C10H11O2Rb. The molecule has 0 aliphatic heterocycles. The van der Waals surface area contributed by atoms with Crippen molar-refractivity contribution in [3.8, 4) is 0 Å². The number of benzene rings is 1. The van der Waals surface area contributed by atoms with E-state index in [9.17, 15) is 4.79 Å². The summed E-state index contributed by atoms with van der Waals surface area (Å²) in [5, 5.41) is 0. The Morgan fingerprint density at radius 1 is 1.38 bits per heavy atom. The van der Waals surface area contributed by atoms with Gasteiger partial charge in [0.1, 0.15) is 0 Å². The number of esters is 1. The summed E-state index contributed by atoms with van der Waals surface area (Å²) in [5.74, 6) is -0.116. The molecule has 0 radical (unpaired) electrons. The topological polar surface area (TPSA) is 26.3 Å². The summed E-state index contributed by atoms with van der Waals surface area (Å²) >= 11 is 0.191. The predicted octanol–water partition coefficient (Wildman–Crippen LogP) is 1.24. The van der Waals surface area contributed by atoms with E-state index in [0.29, 0.717) is 0 Å². The molecule has 0 saturated heterocycles. The van der Waals surface area contributed by atoms with Crippen LogP contribution in [0.15, 0.2) is 30.3 Å². The van der Waals surface area contributed by atoms with Gasteiger partial charge in [-0.1, -0.05) is 0 Å². The molecule has 1 unspecified atom stereocenters. The molecule has 0 heterocycles. The number of carbonyl (C=O) groups excluding carboxylic acids is 1. The average molecular weight is 249 g/mol. The van der Waals surface area contributed by atoms with Gasteiger partial charge in [-0.3, -0.25) is 0 Å². The monoisotopic (exact) mass is 248 g/mol. The molecule has 0 aliphatic carbocycles. The van der Waals surface area contributed by atoms with Gasteiger partial charge < -0.3 is 0 Å². The summed E-state index contributed by atoms with van der Waals surface area (Å²) < 4.78 is 4.43. The summed E-state index contributed by atoms with van der Waals surface area (Å²) in [4.78, 5) is 11.5. The van der Waals surface area contributed by atoms with E-state index in [1.807, 2.05) is 37.3 Å². The molecule has 0 aliphatic rings. The zero-order chi connectivity index (χ0) is 9.90. The van der Waals surface area contributed by atoms with E-state index < -0.39 is 0 Å². The van der Waals surface area contributed by atoms with Crippen molar-refractivity contribution < 1.29 is 9.53 Å². The maximum atomic E-state index is 11.5. The second-order valence-corrected chi connectivity index (χ2v) is 8.40. The molecule has 0 aromatic heterocycles. The van der Waals surface area contributed by atoms with Crippen molar-refractivity contribution in [2.45, 2.75) is 5.41 Å². The molecule has 1 aromatic carbocycles. The first kappa shape index (κ1) is 11.6. The fourth-order valence-electron chi connectivity index (χ4n) is 1.23. The van der Waals surface area contributed by atoms with Crippen LogP contribution in [0.5, 0.6) is 0 Å². The molecule has 3 heteroatoms. The van der Waals surface area contributed by atoms with E-state index in [4.69, 9.17) is 4.74 Å². The minimum atomic E-state index is -0.350. The first-order valence-corrected chi connectivity index (χ1v) is 6.69. The van der Waals surface area contributed by atoms with Gasteiger partial charge >= 0.3 is 119 Å². The zero-order valence-electron chi connectivity index (χ0n) is 8.20. The van der Waals surface area contributed by atoms with Crippen LogP contribution in [0.4, 0.5) is 0 Å². The van der Waals surface area contributed by atoms with Gasteiger partial charge in [0.15, 0.2) is 0 Å². The van der Waals surface area contributed by atoms with Crippen LogP contribution in [0.2, 0.25) is 0 Å². The van der Waals surface area contributed by atoms with Crippen LogP contribution < -0.4 is 0 Å². The average Bonchev–Trinajstić information content (AvgIpc) is 2.18. The number of hydrogen-bond acceptors (Lipinski definition) is 2. The van der Waals surface area contributed by atoms with E-state index in [-0.39, 0.29) is 60.0 Å². The number of carbonyl (C=O) groups is 1. The van der Waals surface area contributed by atoms with Gasteiger partial charge in [0.05, 0.1) is 0 Å². The molecular weight excluding hydrogens is 238 g/mol. The van der Waals surface area contributed by atoms with Gasteiger partial charge in [-0.05, 0) is 0 Å². The molecule has 0 saturated carbocycles. The first-order valence-electron chi connectivity index (χ1n) is 4.23. The van der Waals surface area contributed by atoms with Crippen LogP contribution in [0, 0.1) is 0 Å². The molecule has 0 amide bonds. The molecule has 0 fully saturated rings. The third kappa shape index (κ3) is 2.72. The number of ether oxygens (including phenoxy) is 1. The van der Waals surface area contributed by atoms with Gasteiger partial charge in [0, 0.05) is 0 Å². The number of methoxy groups -OCH3 is 1. The fraction of sp³-hybridized carbons (Fsp3) is 0.300. The maximum absolute atomic E-state index is 11.5. The Labute approximate surface area is 117 Å². The molecule has 2 nitrogen and oxygen atoms in total. The normalized spacial score (nSPS) is 14.8. The molecule has 1 rings (SSSR count).